The van der Waals surface area contributed by atoms with E-state index in [9.17, 15) is 0 Å². The second-order valence-electron chi connectivity index (χ2n) is 2.59. The van der Waals surface area contributed by atoms with Crippen molar-refractivity contribution in [1.82, 2.24) is 4.98 Å². The van der Waals surface area contributed by atoms with Crippen LogP contribution in [0.4, 0.5) is 5.69 Å². The molecule has 1 heterocycles. The van der Waals surface area contributed by atoms with Gasteiger partial charge in [-0.3, -0.25) is 4.98 Å². The van der Waals surface area contributed by atoms with Gasteiger partial charge in [0.1, 0.15) is 0 Å². The Morgan fingerprint density at radius 3 is 3.00 bits per heavy atom. The van der Waals surface area contributed by atoms with Crippen LogP contribution in [0.1, 0.15) is 0 Å². The highest BCUT2D eigenvalue weighted by Crippen LogP contribution is 2.24. The van der Waals surface area contributed by atoms with E-state index in [0.717, 1.165) is 10.8 Å². The maximum Gasteiger partial charge on any atom is 0.0433 e. The standard InChI is InChI=1S/C9H7ClN2/c10-7-3-6-5-12-2-1-8(6)9(11)4-7/h1-5H,11H2. The number of rotatable bonds is 0. The molecule has 0 aliphatic carbocycles. The van der Waals surface area contributed by atoms with E-state index in [2.05, 4.69) is 4.98 Å². The Balaban J connectivity index is 2.89. The molecule has 0 amide bonds. The molecule has 60 valence electrons. The quantitative estimate of drug-likeness (QED) is 0.630. The molecule has 2 nitrogen and oxygen atoms in total. The molecular weight excluding hydrogens is 172 g/mol. The van der Waals surface area contributed by atoms with Gasteiger partial charge in [0.15, 0.2) is 0 Å². The van der Waals surface area contributed by atoms with Gasteiger partial charge in [0.2, 0.25) is 0 Å². The molecule has 0 fully saturated rings. The summed E-state index contributed by atoms with van der Waals surface area (Å²) in [4.78, 5) is 3.98. The number of nitrogens with zero attached hydrogens (tertiary/aromatic N) is 1. The Morgan fingerprint density at radius 2 is 2.17 bits per heavy atom. The zero-order valence-electron chi connectivity index (χ0n) is 6.29. The van der Waals surface area contributed by atoms with Crippen molar-refractivity contribution in [2.24, 2.45) is 0 Å². The Hall–Kier alpha value is -1.28. The molecule has 0 saturated carbocycles. The maximum atomic E-state index is 5.82. The number of halogens is 1. The minimum absolute atomic E-state index is 0.646. The minimum atomic E-state index is 0.646. The predicted octanol–water partition coefficient (Wildman–Crippen LogP) is 2.47. The highest BCUT2D eigenvalue weighted by Gasteiger charge is 1.98. The van der Waals surface area contributed by atoms with Gasteiger partial charge in [-0.15, -0.1) is 0 Å². The van der Waals surface area contributed by atoms with Crippen molar-refractivity contribution in [3.05, 3.63) is 35.6 Å². The van der Waals surface area contributed by atoms with E-state index in [4.69, 9.17) is 17.3 Å². The third-order valence-electron chi connectivity index (χ3n) is 1.75. The first kappa shape index (κ1) is 7.37. The molecule has 3 heteroatoms. The highest BCUT2D eigenvalue weighted by atomic mass is 35.5. The van der Waals surface area contributed by atoms with Crippen molar-refractivity contribution in [2.75, 3.05) is 5.73 Å². The largest absolute Gasteiger partial charge is 0.398 e. The first-order valence-electron chi connectivity index (χ1n) is 3.56. The van der Waals surface area contributed by atoms with Gasteiger partial charge in [-0.05, 0) is 18.2 Å². The lowest BCUT2D eigenvalue weighted by molar-refractivity contribution is 1.36. The average molecular weight is 179 g/mol. The molecule has 1 aromatic heterocycles. The van der Waals surface area contributed by atoms with Crippen LogP contribution in [0, 0.1) is 0 Å². The Kier molecular flexibility index (Phi) is 1.62. The minimum Gasteiger partial charge on any atom is -0.398 e. The monoisotopic (exact) mass is 178 g/mol. The summed E-state index contributed by atoms with van der Waals surface area (Å²) in [6, 6.07) is 5.46. The number of nitrogen functional groups attached to an aromatic ring is 1. The van der Waals surface area contributed by atoms with E-state index in [1.807, 2.05) is 12.1 Å². The molecule has 2 rings (SSSR count). The molecule has 12 heavy (non-hydrogen) atoms. The van der Waals surface area contributed by atoms with Gasteiger partial charge in [0.05, 0.1) is 0 Å². The highest BCUT2D eigenvalue weighted by molar-refractivity contribution is 6.31. The van der Waals surface area contributed by atoms with Crippen molar-refractivity contribution >= 4 is 28.1 Å². The number of nitrogens with two attached hydrogens (primary N) is 1. The van der Waals surface area contributed by atoms with E-state index in [1.165, 1.54) is 0 Å². The average Bonchev–Trinajstić information content (AvgIpc) is 2.04. The molecular formula is C9H7ClN2. The van der Waals surface area contributed by atoms with Gasteiger partial charge in [-0.1, -0.05) is 11.6 Å². The SMILES string of the molecule is Nc1cc(Cl)cc2cnccc12. The van der Waals surface area contributed by atoms with E-state index >= 15 is 0 Å². The second kappa shape index (κ2) is 2.64. The molecule has 0 atom stereocenters. The van der Waals surface area contributed by atoms with E-state index in [0.29, 0.717) is 10.7 Å². The van der Waals surface area contributed by atoms with E-state index < -0.39 is 0 Å². The molecule has 2 aromatic rings. The fourth-order valence-corrected chi connectivity index (χ4v) is 1.44. The smallest absolute Gasteiger partial charge is 0.0433 e. The summed E-state index contributed by atoms with van der Waals surface area (Å²) in [7, 11) is 0. The summed E-state index contributed by atoms with van der Waals surface area (Å²) in [6.07, 6.45) is 3.46. The maximum absolute atomic E-state index is 5.82. The van der Waals surface area contributed by atoms with Gasteiger partial charge >= 0.3 is 0 Å². The number of pyridine rings is 1. The third-order valence-corrected chi connectivity index (χ3v) is 1.97. The molecule has 1 aromatic carbocycles. The second-order valence-corrected chi connectivity index (χ2v) is 3.03. The number of anilines is 1. The fourth-order valence-electron chi connectivity index (χ4n) is 1.20. The normalized spacial score (nSPS) is 10.4. The first-order chi connectivity index (χ1) is 5.77. The molecule has 2 N–H and O–H groups in total. The summed E-state index contributed by atoms with van der Waals surface area (Å²) < 4.78 is 0. The Morgan fingerprint density at radius 1 is 1.33 bits per heavy atom. The summed E-state index contributed by atoms with van der Waals surface area (Å²) in [5, 5.41) is 2.62. The van der Waals surface area contributed by atoms with Crippen molar-refractivity contribution < 1.29 is 0 Å². The summed E-state index contributed by atoms with van der Waals surface area (Å²) in [5.74, 6) is 0. The van der Waals surface area contributed by atoms with Crippen molar-refractivity contribution in [2.45, 2.75) is 0 Å². The lowest BCUT2D eigenvalue weighted by atomic mass is 10.1. The molecule has 0 spiro atoms. The van der Waals surface area contributed by atoms with Gasteiger partial charge in [-0.2, -0.15) is 0 Å². The molecule has 0 unspecified atom stereocenters. The van der Waals surface area contributed by atoms with Gasteiger partial charge in [0.25, 0.3) is 0 Å². The van der Waals surface area contributed by atoms with Crippen molar-refractivity contribution in [1.29, 1.82) is 0 Å². The van der Waals surface area contributed by atoms with Crippen LogP contribution in [0.3, 0.4) is 0 Å². The first-order valence-corrected chi connectivity index (χ1v) is 3.94. The van der Waals surface area contributed by atoms with Crippen LogP contribution < -0.4 is 5.73 Å². The van der Waals surface area contributed by atoms with Crippen LogP contribution in [0.2, 0.25) is 5.02 Å². The summed E-state index contributed by atoms with van der Waals surface area (Å²) >= 11 is 5.82. The van der Waals surface area contributed by atoms with Gasteiger partial charge in [0, 0.05) is 33.9 Å². The Labute approximate surface area is 75.0 Å². The number of fused-ring (bicyclic) bond motifs is 1. The van der Waals surface area contributed by atoms with Crippen LogP contribution in [0.15, 0.2) is 30.6 Å². The lowest BCUT2D eigenvalue weighted by Gasteiger charge is -2.00. The predicted molar refractivity (Wildman–Crippen MR) is 51.2 cm³/mol. The number of aromatic nitrogens is 1. The van der Waals surface area contributed by atoms with Crippen molar-refractivity contribution in [3.63, 3.8) is 0 Å². The van der Waals surface area contributed by atoms with Crippen LogP contribution in [-0.2, 0) is 0 Å². The van der Waals surface area contributed by atoms with E-state index in [-0.39, 0.29) is 0 Å². The number of hydrogen-bond acceptors (Lipinski definition) is 2. The van der Waals surface area contributed by atoms with Crippen LogP contribution in [0.25, 0.3) is 10.8 Å². The van der Waals surface area contributed by atoms with E-state index in [1.54, 1.807) is 18.5 Å². The number of benzene rings is 1. The lowest BCUT2D eigenvalue weighted by Crippen LogP contribution is -1.87. The Bertz CT molecular complexity index is 426. The van der Waals surface area contributed by atoms with Crippen LogP contribution >= 0.6 is 11.6 Å². The zero-order chi connectivity index (χ0) is 8.55. The van der Waals surface area contributed by atoms with Crippen LogP contribution in [-0.4, -0.2) is 4.98 Å². The molecule has 0 radical (unpaired) electrons. The van der Waals surface area contributed by atoms with Crippen molar-refractivity contribution in [3.8, 4) is 0 Å². The molecule has 0 aliphatic heterocycles. The summed E-state index contributed by atoms with van der Waals surface area (Å²) in [6.45, 7) is 0. The van der Waals surface area contributed by atoms with Crippen LogP contribution in [0.5, 0.6) is 0 Å². The fraction of sp³-hybridized carbons (Fsp3) is 0. The topological polar surface area (TPSA) is 38.9 Å². The number of hydrogen-bond donors (Lipinski definition) is 1. The molecule has 0 saturated heterocycles. The van der Waals surface area contributed by atoms with Gasteiger partial charge < -0.3 is 5.73 Å². The van der Waals surface area contributed by atoms with Gasteiger partial charge in [-0.25, -0.2) is 0 Å². The third kappa shape index (κ3) is 1.10. The molecule has 0 aliphatic rings. The zero-order valence-corrected chi connectivity index (χ0v) is 7.05. The molecule has 0 bridgehead atoms. The summed E-state index contributed by atoms with van der Waals surface area (Å²) in [5.41, 5.74) is 6.44.